The van der Waals surface area contributed by atoms with E-state index in [0.29, 0.717) is 15.7 Å². The van der Waals surface area contributed by atoms with Gasteiger partial charge in [0.25, 0.3) is 0 Å². The third-order valence-electron chi connectivity index (χ3n) is 2.12. The summed E-state index contributed by atoms with van der Waals surface area (Å²) in [6.45, 7) is 0.244. The minimum atomic E-state index is -3.23. The average Bonchev–Trinajstić information content (AvgIpc) is 2.29. The van der Waals surface area contributed by atoms with E-state index in [4.69, 9.17) is 5.26 Å². The number of nitrogens with one attached hydrogen (secondary N) is 2. The Labute approximate surface area is 109 Å². The molecule has 1 aromatic rings. The molecule has 0 radical (unpaired) electrons. The van der Waals surface area contributed by atoms with Gasteiger partial charge in [-0.2, -0.15) is 5.26 Å². The number of hydrogen-bond donors (Lipinski definition) is 2. The Morgan fingerprint density at radius 3 is 2.76 bits per heavy atom. The smallest absolute Gasteiger partial charge is 0.213 e. The fourth-order valence-corrected chi connectivity index (χ4v) is 2.24. The highest BCUT2D eigenvalue weighted by Gasteiger charge is 2.08. The zero-order valence-corrected chi connectivity index (χ0v) is 11.6. The Kier molecular flexibility index (Phi) is 4.93. The Morgan fingerprint density at radius 1 is 1.47 bits per heavy atom. The summed E-state index contributed by atoms with van der Waals surface area (Å²) in [4.78, 5) is 0. The second-order valence-electron chi connectivity index (χ2n) is 3.22. The summed E-state index contributed by atoms with van der Waals surface area (Å²) in [7, 11) is -1.86. The van der Waals surface area contributed by atoms with Gasteiger partial charge >= 0.3 is 0 Å². The van der Waals surface area contributed by atoms with Gasteiger partial charge in [-0.15, -0.1) is 0 Å². The van der Waals surface area contributed by atoms with Crippen molar-refractivity contribution in [2.45, 2.75) is 0 Å². The topological polar surface area (TPSA) is 82.0 Å². The van der Waals surface area contributed by atoms with Crippen LogP contribution in [0.1, 0.15) is 5.56 Å². The van der Waals surface area contributed by atoms with Crippen molar-refractivity contribution in [1.29, 1.82) is 5.26 Å². The van der Waals surface area contributed by atoms with E-state index in [2.05, 4.69) is 32.0 Å². The first kappa shape index (κ1) is 14.0. The summed E-state index contributed by atoms with van der Waals surface area (Å²) in [5, 5.41) is 11.9. The molecule has 0 atom stereocenters. The number of nitrogens with zero attached hydrogens (tertiary/aromatic N) is 1. The van der Waals surface area contributed by atoms with Crippen molar-refractivity contribution in [3.8, 4) is 6.07 Å². The quantitative estimate of drug-likeness (QED) is 0.857. The van der Waals surface area contributed by atoms with Gasteiger partial charge in [0.2, 0.25) is 10.0 Å². The maximum atomic E-state index is 11.2. The molecule has 0 aromatic heterocycles. The predicted molar refractivity (Wildman–Crippen MR) is 70.2 cm³/mol. The van der Waals surface area contributed by atoms with Crippen molar-refractivity contribution in [2.24, 2.45) is 0 Å². The highest BCUT2D eigenvalue weighted by atomic mass is 79.9. The molecule has 0 bridgehead atoms. The fourth-order valence-electron chi connectivity index (χ4n) is 1.21. The van der Waals surface area contributed by atoms with Crippen molar-refractivity contribution in [3.05, 3.63) is 28.2 Å². The number of halogens is 1. The predicted octanol–water partition coefficient (Wildman–Crippen LogP) is 1.28. The third kappa shape index (κ3) is 4.00. The van der Waals surface area contributed by atoms with Gasteiger partial charge in [0.05, 0.1) is 17.0 Å². The molecule has 0 heterocycles. The van der Waals surface area contributed by atoms with E-state index < -0.39 is 10.0 Å². The number of sulfonamides is 1. The van der Waals surface area contributed by atoms with Crippen LogP contribution in [0.15, 0.2) is 22.7 Å². The Morgan fingerprint density at radius 2 is 2.18 bits per heavy atom. The summed E-state index contributed by atoms with van der Waals surface area (Å²) >= 11 is 3.26. The number of rotatable bonds is 5. The molecule has 92 valence electrons. The monoisotopic (exact) mass is 317 g/mol. The van der Waals surface area contributed by atoms with Gasteiger partial charge in [-0.05, 0) is 35.1 Å². The lowest BCUT2D eigenvalue weighted by Gasteiger charge is -2.09. The van der Waals surface area contributed by atoms with E-state index in [1.807, 2.05) is 0 Å². The molecule has 0 unspecified atom stereocenters. The Balaban J connectivity index is 2.72. The van der Waals surface area contributed by atoms with Crippen LogP contribution in [-0.4, -0.2) is 27.8 Å². The van der Waals surface area contributed by atoms with E-state index >= 15 is 0 Å². The normalized spacial score (nSPS) is 10.9. The van der Waals surface area contributed by atoms with Gasteiger partial charge < -0.3 is 5.32 Å². The van der Waals surface area contributed by atoms with E-state index in [9.17, 15) is 8.42 Å². The molecular formula is C10H12BrN3O2S. The van der Waals surface area contributed by atoms with Gasteiger partial charge in [-0.1, -0.05) is 6.07 Å². The lowest BCUT2D eigenvalue weighted by Crippen LogP contribution is -2.26. The van der Waals surface area contributed by atoms with E-state index in [0.717, 1.165) is 0 Å². The SMILES string of the molecule is CNS(=O)(=O)CCNc1cccc(Br)c1C#N. The standard InChI is InChI=1S/C10H12BrN3O2S/c1-13-17(15,16)6-5-14-10-4-2-3-9(11)8(10)7-12/h2-4,13-14H,5-6H2,1H3. The molecule has 0 spiro atoms. The average molecular weight is 318 g/mol. The molecule has 0 saturated carbocycles. The van der Waals surface area contributed by atoms with Crippen LogP contribution in [0.2, 0.25) is 0 Å². The molecule has 17 heavy (non-hydrogen) atoms. The highest BCUT2D eigenvalue weighted by molar-refractivity contribution is 9.10. The lowest BCUT2D eigenvalue weighted by atomic mass is 10.2. The minimum Gasteiger partial charge on any atom is -0.383 e. The second kappa shape index (κ2) is 6.00. The fraction of sp³-hybridized carbons (Fsp3) is 0.300. The molecule has 0 aliphatic carbocycles. The molecule has 0 aliphatic rings. The van der Waals surface area contributed by atoms with Crippen LogP contribution in [-0.2, 0) is 10.0 Å². The summed E-state index contributed by atoms with van der Waals surface area (Å²) in [5.41, 5.74) is 1.09. The number of hydrogen-bond acceptors (Lipinski definition) is 4. The van der Waals surface area contributed by atoms with Gasteiger partial charge in [-0.25, -0.2) is 13.1 Å². The first-order valence-electron chi connectivity index (χ1n) is 4.84. The van der Waals surface area contributed by atoms with Crippen LogP contribution < -0.4 is 10.0 Å². The summed E-state index contributed by atoms with van der Waals surface area (Å²) in [6.07, 6.45) is 0. The van der Waals surface area contributed by atoms with Crippen LogP contribution in [0.5, 0.6) is 0 Å². The molecule has 1 rings (SSSR count). The summed E-state index contributed by atoms with van der Waals surface area (Å²) < 4.78 is 25.3. The minimum absolute atomic E-state index is 0.0408. The molecular weight excluding hydrogens is 306 g/mol. The van der Waals surface area contributed by atoms with Gasteiger partial charge in [0.1, 0.15) is 6.07 Å². The molecule has 0 fully saturated rings. The molecule has 0 saturated heterocycles. The number of nitriles is 1. The van der Waals surface area contributed by atoms with E-state index in [-0.39, 0.29) is 12.3 Å². The number of anilines is 1. The zero-order valence-electron chi connectivity index (χ0n) is 9.20. The number of benzene rings is 1. The largest absolute Gasteiger partial charge is 0.383 e. The summed E-state index contributed by atoms with van der Waals surface area (Å²) in [5.74, 6) is -0.0408. The first-order chi connectivity index (χ1) is 8.00. The van der Waals surface area contributed by atoms with Crippen LogP contribution in [0.3, 0.4) is 0 Å². The van der Waals surface area contributed by atoms with E-state index in [1.165, 1.54) is 7.05 Å². The maximum Gasteiger partial charge on any atom is 0.213 e. The summed E-state index contributed by atoms with van der Waals surface area (Å²) in [6, 6.07) is 7.32. The molecule has 1 aromatic carbocycles. The second-order valence-corrected chi connectivity index (χ2v) is 6.12. The first-order valence-corrected chi connectivity index (χ1v) is 7.28. The van der Waals surface area contributed by atoms with Crippen LogP contribution in [0, 0.1) is 11.3 Å². The molecule has 2 N–H and O–H groups in total. The highest BCUT2D eigenvalue weighted by Crippen LogP contribution is 2.23. The Bertz CT molecular complexity index is 537. The van der Waals surface area contributed by atoms with Gasteiger partial charge in [0, 0.05) is 11.0 Å². The van der Waals surface area contributed by atoms with Crippen molar-refractivity contribution in [1.82, 2.24) is 4.72 Å². The van der Waals surface area contributed by atoms with Gasteiger partial charge in [0.15, 0.2) is 0 Å². The molecule has 0 aliphatic heterocycles. The van der Waals surface area contributed by atoms with Crippen LogP contribution in [0.4, 0.5) is 5.69 Å². The van der Waals surface area contributed by atoms with Crippen LogP contribution in [0.25, 0.3) is 0 Å². The lowest BCUT2D eigenvalue weighted by molar-refractivity contribution is 0.588. The maximum absolute atomic E-state index is 11.2. The third-order valence-corrected chi connectivity index (χ3v) is 4.15. The van der Waals surface area contributed by atoms with Crippen LogP contribution >= 0.6 is 15.9 Å². The Hall–Kier alpha value is -1.10. The molecule has 5 nitrogen and oxygen atoms in total. The molecule has 0 amide bonds. The van der Waals surface area contributed by atoms with Crippen molar-refractivity contribution >= 4 is 31.6 Å². The van der Waals surface area contributed by atoms with Crippen molar-refractivity contribution < 1.29 is 8.42 Å². The van der Waals surface area contributed by atoms with Crippen molar-refractivity contribution in [3.63, 3.8) is 0 Å². The zero-order chi connectivity index (χ0) is 12.9. The van der Waals surface area contributed by atoms with Gasteiger partial charge in [-0.3, -0.25) is 0 Å². The van der Waals surface area contributed by atoms with E-state index in [1.54, 1.807) is 18.2 Å². The van der Waals surface area contributed by atoms with Crippen molar-refractivity contribution in [2.75, 3.05) is 24.7 Å². The molecule has 7 heteroatoms.